The van der Waals surface area contributed by atoms with Crippen LogP contribution < -0.4 is 5.32 Å². The first-order chi connectivity index (χ1) is 11.4. The third-order valence-electron chi connectivity index (χ3n) is 4.47. The van der Waals surface area contributed by atoms with Crippen molar-refractivity contribution < 1.29 is 0 Å². The topological polar surface area (TPSA) is 56.8 Å². The lowest BCUT2D eigenvalue weighted by Crippen LogP contribution is -2.41. The van der Waals surface area contributed by atoms with Crippen LogP contribution in [0, 0.1) is 0 Å². The second-order valence-electron chi connectivity index (χ2n) is 6.25. The van der Waals surface area contributed by atoms with Gasteiger partial charge >= 0.3 is 0 Å². The van der Waals surface area contributed by atoms with Gasteiger partial charge in [-0.15, -0.1) is 0 Å². The number of hydrogen-bond donors (Lipinski definition) is 2. The summed E-state index contributed by atoms with van der Waals surface area (Å²) in [5.41, 5.74) is 3.59. The van der Waals surface area contributed by atoms with Crippen molar-refractivity contribution in [2.24, 2.45) is 0 Å². The summed E-state index contributed by atoms with van der Waals surface area (Å²) < 4.78 is 0. The predicted octanol–water partition coefficient (Wildman–Crippen LogP) is 3.03. The van der Waals surface area contributed by atoms with Crippen molar-refractivity contribution in [2.45, 2.75) is 25.4 Å². The van der Waals surface area contributed by atoms with E-state index in [2.05, 4.69) is 55.7 Å². The number of nitrogens with zero attached hydrogens (tertiary/aromatic N) is 3. The number of fused-ring (bicyclic) bond motifs is 1. The minimum absolute atomic E-state index is 0.495. The Morgan fingerprint density at radius 3 is 3.04 bits per heavy atom. The molecule has 2 aromatic heterocycles. The van der Waals surface area contributed by atoms with Crippen molar-refractivity contribution in [3.05, 3.63) is 54.5 Å². The van der Waals surface area contributed by atoms with Crippen molar-refractivity contribution in [3.8, 4) is 0 Å². The van der Waals surface area contributed by atoms with Crippen LogP contribution in [0.25, 0.3) is 10.9 Å². The molecule has 4 rings (SSSR count). The Morgan fingerprint density at radius 1 is 1.22 bits per heavy atom. The Balaban J connectivity index is 1.40. The summed E-state index contributed by atoms with van der Waals surface area (Å²) in [4.78, 5) is 6.61. The highest BCUT2D eigenvalue weighted by Gasteiger charge is 2.19. The largest absolute Gasteiger partial charge is 0.381 e. The number of piperidine rings is 1. The maximum absolute atomic E-state index is 4.09. The summed E-state index contributed by atoms with van der Waals surface area (Å²) in [6, 6.07) is 11.1. The van der Waals surface area contributed by atoms with E-state index in [1.54, 1.807) is 0 Å². The average molecular weight is 307 g/mol. The zero-order chi connectivity index (χ0) is 15.5. The van der Waals surface area contributed by atoms with Crippen molar-refractivity contribution in [3.63, 3.8) is 0 Å². The molecule has 1 fully saturated rings. The highest BCUT2D eigenvalue weighted by Crippen LogP contribution is 2.21. The molecule has 0 amide bonds. The normalized spacial score (nSPS) is 19.0. The fourth-order valence-corrected chi connectivity index (χ4v) is 3.33. The van der Waals surface area contributed by atoms with E-state index in [0.717, 1.165) is 24.0 Å². The van der Waals surface area contributed by atoms with Gasteiger partial charge in [0.1, 0.15) is 0 Å². The molecule has 3 aromatic rings. The van der Waals surface area contributed by atoms with Crippen LogP contribution >= 0.6 is 0 Å². The summed E-state index contributed by atoms with van der Waals surface area (Å²) in [5.74, 6) is 0. The van der Waals surface area contributed by atoms with Crippen LogP contribution in [0.3, 0.4) is 0 Å². The summed E-state index contributed by atoms with van der Waals surface area (Å²) in [6.07, 6.45) is 8.06. The number of benzene rings is 1. The number of anilines is 1. The quantitative estimate of drug-likeness (QED) is 0.778. The second kappa shape index (κ2) is 6.38. The summed E-state index contributed by atoms with van der Waals surface area (Å²) >= 11 is 0. The predicted molar refractivity (Wildman–Crippen MR) is 92.3 cm³/mol. The van der Waals surface area contributed by atoms with Crippen LogP contribution in [0.15, 0.2) is 48.9 Å². The fourth-order valence-electron chi connectivity index (χ4n) is 3.33. The first kappa shape index (κ1) is 14.2. The number of nitrogens with one attached hydrogen (secondary N) is 2. The molecular weight excluding hydrogens is 286 g/mol. The lowest BCUT2D eigenvalue weighted by molar-refractivity contribution is 0.208. The molecule has 0 bridgehead atoms. The Bertz CT molecular complexity index is 767. The third kappa shape index (κ3) is 3.35. The van der Waals surface area contributed by atoms with E-state index in [9.17, 15) is 0 Å². The molecule has 0 spiro atoms. The fraction of sp³-hybridized carbons (Fsp3) is 0.333. The lowest BCUT2D eigenvalue weighted by Gasteiger charge is -2.33. The molecule has 23 heavy (non-hydrogen) atoms. The Kier molecular flexibility index (Phi) is 3.94. The summed E-state index contributed by atoms with van der Waals surface area (Å²) in [5, 5.41) is 11.9. The van der Waals surface area contributed by atoms with E-state index in [1.165, 1.54) is 30.6 Å². The third-order valence-corrected chi connectivity index (χ3v) is 4.47. The van der Waals surface area contributed by atoms with Crippen molar-refractivity contribution >= 4 is 16.6 Å². The molecule has 1 saturated heterocycles. The monoisotopic (exact) mass is 307 g/mol. The Hall–Kier alpha value is -2.40. The lowest BCUT2D eigenvalue weighted by atomic mass is 10.0. The van der Waals surface area contributed by atoms with Crippen LogP contribution in [0.1, 0.15) is 18.4 Å². The van der Waals surface area contributed by atoms with Crippen LogP contribution in [0.2, 0.25) is 0 Å². The molecule has 1 aliphatic heterocycles. The highest BCUT2D eigenvalue weighted by atomic mass is 15.2. The smallest absolute Gasteiger partial charge is 0.0651 e. The molecule has 5 heteroatoms. The molecule has 1 aliphatic rings. The van der Waals surface area contributed by atoms with Crippen molar-refractivity contribution in [1.82, 2.24) is 20.1 Å². The van der Waals surface area contributed by atoms with Gasteiger partial charge in [0.25, 0.3) is 0 Å². The molecule has 5 nitrogen and oxygen atoms in total. The second-order valence-corrected chi connectivity index (χ2v) is 6.25. The summed E-state index contributed by atoms with van der Waals surface area (Å²) in [6.45, 7) is 3.24. The number of likely N-dealkylation sites (tertiary alicyclic amines) is 1. The highest BCUT2D eigenvalue weighted by molar-refractivity contribution is 5.81. The maximum Gasteiger partial charge on any atom is 0.0651 e. The van der Waals surface area contributed by atoms with Gasteiger partial charge in [0, 0.05) is 42.6 Å². The first-order valence-electron chi connectivity index (χ1n) is 8.18. The minimum Gasteiger partial charge on any atom is -0.381 e. The van der Waals surface area contributed by atoms with Gasteiger partial charge in [0.05, 0.1) is 11.7 Å². The molecule has 3 heterocycles. The van der Waals surface area contributed by atoms with Crippen LogP contribution in [0.5, 0.6) is 0 Å². The van der Waals surface area contributed by atoms with Crippen LogP contribution in [-0.2, 0) is 6.54 Å². The van der Waals surface area contributed by atoms with Crippen molar-refractivity contribution in [1.29, 1.82) is 0 Å². The van der Waals surface area contributed by atoms with Gasteiger partial charge in [-0.05, 0) is 55.3 Å². The van der Waals surface area contributed by atoms with E-state index >= 15 is 0 Å². The maximum atomic E-state index is 4.09. The van der Waals surface area contributed by atoms with Gasteiger partial charge in [0.15, 0.2) is 0 Å². The van der Waals surface area contributed by atoms with E-state index in [1.807, 2.05) is 18.6 Å². The van der Waals surface area contributed by atoms with E-state index in [-0.39, 0.29) is 0 Å². The average Bonchev–Trinajstić information content (AvgIpc) is 3.04. The standard InChI is InChI=1S/C18H21N5/c1-2-17(13-23(9-1)12-14-5-7-19-8-6-14)21-16-3-4-18-15(10-16)11-20-22-18/h3-8,10-11,17,21H,1-2,9,12-13H2,(H,20,22). The van der Waals surface area contributed by atoms with E-state index in [0.29, 0.717) is 6.04 Å². The number of hydrogen-bond acceptors (Lipinski definition) is 4. The van der Waals surface area contributed by atoms with Gasteiger partial charge in [0.2, 0.25) is 0 Å². The zero-order valence-electron chi connectivity index (χ0n) is 13.1. The number of H-pyrrole nitrogens is 1. The SMILES string of the molecule is c1cc(CN2CCCC(Nc3ccc4[nH]ncc4c3)C2)ccn1. The molecule has 0 aliphatic carbocycles. The molecule has 2 N–H and O–H groups in total. The minimum atomic E-state index is 0.495. The van der Waals surface area contributed by atoms with Gasteiger partial charge < -0.3 is 5.32 Å². The van der Waals surface area contributed by atoms with Gasteiger partial charge in [-0.1, -0.05) is 0 Å². The number of pyridine rings is 1. The van der Waals surface area contributed by atoms with Gasteiger partial charge in [-0.2, -0.15) is 5.10 Å². The molecule has 118 valence electrons. The molecule has 1 unspecified atom stereocenters. The Morgan fingerprint density at radius 2 is 2.13 bits per heavy atom. The van der Waals surface area contributed by atoms with Crippen LogP contribution in [-0.4, -0.2) is 39.2 Å². The molecule has 1 atom stereocenters. The summed E-state index contributed by atoms with van der Waals surface area (Å²) in [7, 11) is 0. The molecule has 0 radical (unpaired) electrons. The van der Waals surface area contributed by atoms with E-state index in [4.69, 9.17) is 0 Å². The van der Waals surface area contributed by atoms with Crippen LogP contribution in [0.4, 0.5) is 5.69 Å². The molecule has 1 aromatic carbocycles. The van der Waals surface area contributed by atoms with Gasteiger partial charge in [-0.25, -0.2) is 0 Å². The number of aromatic nitrogens is 3. The number of aromatic amines is 1. The number of rotatable bonds is 4. The van der Waals surface area contributed by atoms with Gasteiger partial charge in [-0.3, -0.25) is 15.0 Å². The van der Waals surface area contributed by atoms with Crippen molar-refractivity contribution in [2.75, 3.05) is 18.4 Å². The first-order valence-corrected chi connectivity index (χ1v) is 8.18. The molecule has 0 saturated carbocycles. The zero-order valence-corrected chi connectivity index (χ0v) is 13.1. The Labute approximate surface area is 135 Å². The van der Waals surface area contributed by atoms with E-state index < -0.39 is 0 Å². The molecular formula is C18H21N5.